The smallest absolute Gasteiger partial charge is 0.311 e. The highest BCUT2D eigenvalue weighted by Gasteiger charge is 2.54. The van der Waals surface area contributed by atoms with Crippen molar-refractivity contribution in [2.24, 2.45) is 17.8 Å². The van der Waals surface area contributed by atoms with Crippen molar-refractivity contribution in [3.05, 3.63) is 29.8 Å². The molecule has 5 aliphatic heterocycles. The van der Waals surface area contributed by atoms with Crippen LogP contribution >= 0.6 is 12.2 Å². The van der Waals surface area contributed by atoms with Crippen LogP contribution in [0.4, 0.5) is 0 Å². The van der Waals surface area contributed by atoms with E-state index in [-0.39, 0.29) is 42.7 Å². The minimum Gasteiger partial charge on any atom is -0.496 e. The SMILES string of the molecule is CCN(CCCC(=S)O[C@H]1[C@H](C)O[C@@H](O[C@H]2[C@H](C)[C@@H](O[C@@H]3O[C@H](C)C[C@H](N(C)C)[C@H]3O)[C@@](C)(OC)C[C@@H](C)[C@H](O)[C@H](C)N3CC(C3)OC(=O)[C@@H]2C)C[C@@]1(C)OC)[C@@H](C)c1ccccc1OC. The van der Waals surface area contributed by atoms with Crippen molar-refractivity contribution in [2.75, 3.05) is 61.6 Å². The van der Waals surface area contributed by atoms with E-state index in [0.717, 1.165) is 30.8 Å². The Labute approximate surface area is 401 Å². The van der Waals surface area contributed by atoms with Crippen molar-refractivity contribution in [1.82, 2.24) is 14.7 Å². The molecule has 5 saturated heterocycles. The van der Waals surface area contributed by atoms with Crippen LogP contribution in [0.15, 0.2) is 24.3 Å². The lowest BCUT2D eigenvalue weighted by molar-refractivity contribution is -0.319. The first-order chi connectivity index (χ1) is 31.1. The molecule has 1 aromatic rings. The van der Waals surface area contributed by atoms with Gasteiger partial charge in [-0.25, -0.2) is 0 Å². The predicted octanol–water partition coefficient (Wildman–Crippen LogP) is 6.00. The number of fused-ring (bicyclic) bond motifs is 10. The normalized spacial score (nSPS) is 40.8. The Hall–Kier alpha value is -2.06. The number of thiocarbonyl (C=S) groups is 1. The van der Waals surface area contributed by atoms with Crippen LogP contribution in [0.1, 0.15) is 113 Å². The molecule has 5 heterocycles. The van der Waals surface area contributed by atoms with Crippen LogP contribution in [0, 0.1) is 17.8 Å². The maximum absolute atomic E-state index is 14.2. The van der Waals surface area contributed by atoms with Crippen molar-refractivity contribution in [1.29, 1.82) is 0 Å². The van der Waals surface area contributed by atoms with Gasteiger partial charge < -0.3 is 57.7 Å². The van der Waals surface area contributed by atoms with Crippen LogP contribution in [0.5, 0.6) is 5.75 Å². The number of carbonyl (C=O) groups excluding carboxylic acids is 1. The van der Waals surface area contributed by atoms with Gasteiger partial charge in [-0.05, 0) is 119 Å². The number of para-hydroxylation sites is 1. The minimum absolute atomic E-state index is 0.156. The summed E-state index contributed by atoms with van der Waals surface area (Å²) in [5, 5.41) is 24.0. The van der Waals surface area contributed by atoms with Gasteiger partial charge in [-0.1, -0.05) is 39.0 Å². The second-order valence-electron chi connectivity index (χ2n) is 20.4. The van der Waals surface area contributed by atoms with Gasteiger partial charge in [0.2, 0.25) is 0 Å². The van der Waals surface area contributed by atoms with Gasteiger partial charge in [0.25, 0.3) is 0 Å². The molecule has 0 aromatic heterocycles. The predicted molar refractivity (Wildman–Crippen MR) is 256 cm³/mol. The Kier molecular flexibility index (Phi) is 19.7. The van der Waals surface area contributed by atoms with E-state index < -0.39 is 78.2 Å². The van der Waals surface area contributed by atoms with Crippen molar-refractivity contribution in [2.45, 2.75) is 192 Å². The number of aliphatic hydroxyl groups is 2. The molecule has 378 valence electrons. The molecule has 5 aliphatic rings. The maximum Gasteiger partial charge on any atom is 0.311 e. The average molecular weight is 952 g/mol. The van der Waals surface area contributed by atoms with Crippen LogP contribution in [0.3, 0.4) is 0 Å². The molecule has 6 rings (SSSR count). The molecule has 0 saturated carbocycles. The zero-order valence-electron chi connectivity index (χ0n) is 42.6. The number of esters is 1. The van der Waals surface area contributed by atoms with Crippen LogP contribution in [0.2, 0.25) is 0 Å². The summed E-state index contributed by atoms with van der Waals surface area (Å²) >= 11 is 5.88. The van der Waals surface area contributed by atoms with Crippen molar-refractivity contribution in [3.63, 3.8) is 0 Å². The van der Waals surface area contributed by atoms with E-state index in [1.807, 2.05) is 92.6 Å². The molecule has 2 bridgehead atoms. The number of rotatable bonds is 16. The first kappa shape index (κ1) is 54.9. The molecule has 15 nitrogen and oxygen atoms in total. The molecule has 1 aromatic carbocycles. The van der Waals surface area contributed by atoms with Gasteiger partial charge in [-0.2, -0.15) is 0 Å². The average Bonchev–Trinajstić information content (AvgIpc) is 3.27. The largest absolute Gasteiger partial charge is 0.496 e. The Balaban J connectivity index is 1.38. The molecule has 0 amide bonds. The van der Waals surface area contributed by atoms with E-state index in [0.29, 0.717) is 37.4 Å². The molecule has 5 fully saturated rings. The van der Waals surface area contributed by atoms with Gasteiger partial charge >= 0.3 is 5.97 Å². The van der Waals surface area contributed by atoms with E-state index in [1.54, 1.807) is 21.3 Å². The highest BCUT2D eigenvalue weighted by Crippen LogP contribution is 2.42. The maximum atomic E-state index is 14.2. The molecule has 0 radical (unpaired) electrons. The van der Waals surface area contributed by atoms with Crippen molar-refractivity contribution < 1.29 is 57.6 Å². The molecular formula is C50H85N3O12S. The van der Waals surface area contributed by atoms with Crippen molar-refractivity contribution in [3.8, 4) is 5.75 Å². The summed E-state index contributed by atoms with van der Waals surface area (Å²) in [7, 11) is 8.86. The fourth-order valence-corrected chi connectivity index (χ4v) is 11.2. The van der Waals surface area contributed by atoms with Gasteiger partial charge in [-0.15, -0.1) is 0 Å². The number of likely N-dealkylation sites (N-methyl/N-ethyl adjacent to an activating group) is 1. The van der Waals surface area contributed by atoms with E-state index >= 15 is 0 Å². The molecule has 0 unspecified atom stereocenters. The second-order valence-corrected chi connectivity index (χ2v) is 20.8. The standard InChI is InChI=1S/C50H85N3O12S/c1-16-52(33(6)37-20-17-18-21-39(37)57-13)23-19-22-41(66)64-46-35(8)61-40(26-50(46,10)59-15)63-44-31(4)45(65-48-43(55)38(51(11)12)24-30(3)60-48)49(9,58-14)25-29(2)42(54)34(7)53-27-36(28-53)62-47(56)32(44)5/h17-18,20-21,29-36,38,40,42-46,48,54-55H,16,19,22-28H2,1-15H3/t29-,30-,31+,32-,33+,34+,35+,38+,40+,42+,43-,44+,45-,46+,48+,49+,50-/m1/s1. The summed E-state index contributed by atoms with van der Waals surface area (Å²) in [6.45, 7) is 22.7. The third-order valence-corrected chi connectivity index (χ3v) is 15.7. The van der Waals surface area contributed by atoms with E-state index in [1.165, 1.54) is 0 Å². The lowest BCUT2D eigenvalue weighted by Gasteiger charge is -2.51. The van der Waals surface area contributed by atoms with Gasteiger partial charge in [0.15, 0.2) is 23.7 Å². The summed E-state index contributed by atoms with van der Waals surface area (Å²) in [5.41, 5.74) is -0.801. The molecule has 16 heteroatoms. The number of ether oxygens (including phenoxy) is 9. The van der Waals surface area contributed by atoms with Gasteiger partial charge in [-0.3, -0.25) is 14.6 Å². The monoisotopic (exact) mass is 952 g/mol. The highest BCUT2D eigenvalue weighted by atomic mass is 32.1. The highest BCUT2D eigenvalue weighted by molar-refractivity contribution is 7.80. The van der Waals surface area contributed by atoms with Crippen LogP contribution < -0.4 is 4.74 Å². The number of hydrogen-bond donors (Lipinski definition) is 2. The Morgan fingerprint density at radius 1 is 0.939 bits per heavy atom. The minimum atomic E-state index is -1.05. The molecule has 17 atom stereocenters. The van der Waals surface area contributed by atoms with Crippen molar-refractivity contribution >= 4 is 23.2 Å². The quantitative estimate of drug-likeness (QED) is 0.147. The van der Waals surface area contributed by atoms with E-state index in [9.17, 15) is 15.0 Å². The Bertz CT molecular complexity index is 1710. The summed E-state index contributed by atoms with van der Waals surface area (Å²) in [6.07, 6.45) is -4.12. The Morgan fingerprint density at radius 2 is 1.59 bits per heavy atom. The number of benzene rings is 1. The fourth-order valence-electron chi connectivity index (χ4n) is 11.0. The molecular weight excluding hydrogens is 867 g/mol. The lowest BCUT2D eigenvalue weighted by Crippen LogP contribution is -2.63. The molecule has 66 heavy (non-hydrogen) atoms. The topological polar surface area (TPSA) is 150 Å². The summed E-state index contributed by atoms with van der Waals surface area (Å²) in [4.78, 5) is 20.8. The summed E-state index contributed by atoms with van der Waals surface area (Å²) in [6, 6.07) is 7.88. The zero-order valence-corrected chi connectivity index (χ0v) is 43.5. The van der Waals surface area contributed by atoms with Gasteiger partial charge in [0.05, 0.1) is 49.1 Å². The number of carbonyl (C=O) groups is 1. The van der Waals surface area contributed by atoms with Crippen LogP contribution in [-0.2, 0) is 42.7 Å². The molecule has 0 aliphatic carbocycles. The van der Waals surface area contributed by atoms with Crippen LogP contribution in [0.25, 0.3) is 0 Å². The zero-order chi connectivity index (χ0) is 48.8. The first-order valence-corrected chi connectivity index (χ1v) is 24.8. The first-order valence-electron chi connectivity index (χ1n) is 24.4. The third kappa shape index (κ3) is 12.6. The van der Waals surface area contributed by atoms with Gasteiger partial charge in [0.1, 0.15) is 23.6 Å². The van der Waals surface area contributed by atoms with Gasteiger partial charge in [0, 0.05) is 69.8 Å². The van der Waals surface area contributed by atoms with E-state index in [4.69, 9.17) is 54.8 Å². The summed E-state index contributed by atoms with van der Waals surface area (Å²) < 4.78 is 58.1. The Morgan fingerprint density at radius 3 is 2.21 bits per heavy atom. The fraction of sp³-hybridized carbons (Fsp3) is 0.840. The number of methoxy groups -OCH3 is 3. The van der Waals surface area contributed by atoms with E-state index in [2.05, 4.69) is 29.7 Å². The summed E-state index contributed by atoms with van der Waals surface area (Å²) in [5.74, 6) is -1.12. The number of nitrogens with zero attached hydrogens (tertiary/aromatic N) is 3. The lowest BCUT2D eigenvalue weighted by atomic mass is 9.76. The number of hydrogen-bond acceptors (Lipinski definition) is 16. The third-order valence-electron chi connectivity index (χ3n) is 15.4. The molecule has 0 spiro atoms. The second kappa shape index (κ2) is 23.7. The van der Waals surface area contributed by atoms with Crippen LogP contribution in [-0.4, -0.2) is 182 Å². The molecule has 2 N–H and O–H groups in total. The number of aliphatic hydroxyl groups excluding tert-OH is 2.